The third-order valence-electron chi connectivity index (χ3n) is 5.49. The van der Waals surface area contributed by atoms with Gasteiger partial charge >= 0.3 is 0 Å². The number of aromatic nitrogens is 2. The molecule has 0 aliphatic carbocycles. The predicted molar refractivity (Wildman–Crippen MR) is 120 cm³/mol. The third kappa shape index (κ3) is 3.87. The minimum Gasteiger partial charge on any atom is -0.494 e. The van der Waals surface area contributed by atoms with Crippen LogP contribution in [0.15, 0.2) is 60.0 Å². The Morgan fingerprint density at radius 2 is 1.87 bits per heavy atom. The molecule has 6 nitrogen and oxygen atoms in total. The molecule has 1 aliphatic rings. The number of ether oxygens (including phenoxy) is 2. The van der Waals surface area contributed by atoms with E-state index in [9.17, 15) is 5.26 Å². The van der Waals surface area contributed by atoms with Gasteiger partial charge in [-0.25, -0.2) is 0 Å². The normalized spacial score (nSPS) is 15.4. The van der Waals surface area contributed by atoms with E-state index in [-0.39, 0.29) is 11.8 Å². The van der Waals surface area contributed by atoms with Crippen molar-refractivity contribution in [2.45, 2.75) is 39.0 Å². The summed E-state index contributed by atoms with van der Waals surface area (Å²) in [5.41, 5.74) is 11.2. The number of hydrogen-bond donors (Lipinski definition) is 2. The molecule has 0 fully saturated rings. The van der Waals surface area contributed by atoms with Crippen LogP contribution in [0.5, 0.6) is 11.6 Å². The summed E-state index contributed by atoms with van der Waals surface area (Å²) in [6.45, 7) is 7.06. The Bertz CT molecular complexity index is 1140. The van der Waals surface area contributed by atoms with Crippen molar-refractivity contribution in [3.63, 3.8) is 0 Å². The summed E-state index contributed by atoms with van der Waals surface area (Å²) in [6, 6.07) is 18.4. The van der Waals surface area contributed by atoms with Crippen molar-refractivity contribution in [1.82, 2.24) is 10.2 Å². The number of nitrogens with zero attached hydrogens (tertiary/aromatic N) is 2. The molecule has 0 amide bonds. The molecular weight excluding hydrogens is 388 g/mol. The van der Waals surface area contributed by atoms with Crippen molar-refractivity contribution >= 4 is 0 Å². The molecule has 3 N–H and O–H groups in total. The molecule has 158 valence electrons. The van der Waals surface area contributed by atoms with E-state index in [1.165, 1.54) is 5.56 Å². The Kier molecular flexibility index (Phi) is 5.68. The second kappa shape index (κ2) is 8.57. The summed E-state index contributed by atoms with van der Waals surface area (Å²) in [7, 11) is 0. The Morgan fingerprint density at radius 3 is 2.48 bits per heavy atom. The molecule has 0 saturated carbocycles. The highest BCUT2D eigenvalue weighted by Gasteiger charge is 2.35. The molecule has 0 spiro atoms. The highest BCUT2D eigenvalue weighted by atomic mass is 16.5. The molecule has 1 aliphatic heterocycles. The maximum absolute atomic E-state index is 9.86. The largest absolute Gasteiger partial charge is 0.494 e. The van der Waals surface area contributed by atoms with Crippen molar-refractivity contribution in [2.75, 3.05) is 6.61 Å². The average molecular weight is 415 g/mol. The molecule has 1 aromatic heterocycles. The van der Waals surface area contributed by atoms with E-state index < -0.39 is 0 Å². The van der Waals surface area contributed by atoms with E-state index in [0.29, 0.717) is 24.0 Å². The van der Waals surface area contributed by atoms with E-state index in [0.717, 1.165) is 34.6 Å². The number of nitrogens with one attached hydrogen (secondary N) is 1. The first-order valence-corrected chi connectivity index (χ1v) is 10.5. The minimum atomic E-state index is -0.361. The number of allylic oxidation sites excluding steroid dienone is 1. The standard InChI is InChI=1S/C25H26N4O2/c1-4-13-30-19-11-9-18(10-12-19)23-22-21(17-7-5-16(6-8-17)15(2)3)20(14-26)24(27)31-25(22)29-28-23/h5-12,15,21H,4,13,27H2,1-3H3,(H,28,29). The Labute approximate surface area is 182 Å². The monoisotopic (exact) mass is 414 g/mol. The number of benzene rings is 2. The van der Waals surface area contributed by atoms with Gasteiger partial charge in [-0.05, 0) is 47.7 Å². The fraction of sp³-hybridized carbons (Fsp3) is 0.280. The van der Waals surface area contributed by atoms with E-state index in [1.54, 1.807) is 0 Å². The molecular formula is C25H26N4O2. The van der Waals surface area contributed by atoms with Crippen LogP contribution in [0.4, 0.5) is 0 Å². The first-order chi connectivity index (χ1) is 15.0. The second-order valence-electron chi connectivity index (χ2n) is 7.94. The predicted octanol–water partition coefficient (Wildman–Crippen LogP) is 5.21. The molecule has 0 bridgehead atoms. The van der Waals surface area contributed by atoms with E-state index >= 15 is 0 Å². The van der Waals surface area contributed by atoms with Crippen molar-refractivity contribution in [3.8, 4) is 29.0 Å². The number of aromatic amines is 1. The van der Waals surface area contributed by atoms with E-state index in [4.69, 9.17) is 15.2 Å². The molecule has 3 aromatic rings. The van der Waals surface area contributed by atoms with Crippen LogP contribution in [-0.2, 0) is 0 Å². The zero-order valence-electron chi connectivity index (χ0n) is 18.0. The molecule has 1 atom stereocenters. The molecule has 4 rings (SSSR count). The second-order valence-corrected chi connectivity index (χ2v) is 7.94. The fourth-order valence-electron chi connectivity index (χ4n) is 3.81. The fourth-order valence-corrected chi connectivity index (χ4v) is 3.81. The SMILES string of the molecule is CCCOc1ccc(-c2[nH]nc3c2C(c2ccc(C(C)C)cc2)C(C#N)=C(N)O3)cc1. The van der Waals surface area contributed by atoms with Gasteiger partial charge in [0.1, 0.15) is 17.4 Å². The molecule has 2 aromatic carbocycles. The first kappa shape index (κ1) is 20.5. The maximum Gasteiger partial charge on any atom is 0.244 e. The van der Waals surface area contributed by atoms with Gasteiger partial charge in [0.25, 0.3) is 0 Å². The summed E-state index contributed by atoms with van der Waals surface area (Å²) < 4.78 is 11.4. The van der Waals surface area contributed by atoms with E-state index in [2.05, 4.69) is 61.3 Å². The number of H-pyrrole nitrogens is 1. The number of nitriles is 1. The molecule has 6 heteroatoms. The zero-order valence-corrected chi connectivity index (χ0v) is 18.0. The lowest BCUT2D eigenvalue weighted by Crippen LogP contribution is -2.21. The van der Waals surface area contributed by atoms with Crippen molar-refractivity contribution in [2.24, 2.45) is 5.73 Å². The highest BCUT2D eigenvalue weighted by Crippen LogP contribution is 2.45. The number of nitrogens with two attached hydrogens (primary N) is 1. The molecule has 2 heterocycles. The van der Waals surface area contributed by atoms with Gasteiger partial charge in [0.15, 0.2) is 0 Å². The van der Waals surface area contributed by atoms with Crippen LogP contribution in [0.3, 0.4) is 0 Å². The van der Waals surface area contributed by atoms with Crippen LogP contribution in [0.25, 0.3) is 11.3 Å². The van der Waals surface area contributed by atoms with Gasteiger partial charge in [-0.3, -0.25) is 5.10 Å². The average Bonchev–Trinajstić information content (AvgIpc) is 3.20. The van der Waals surface area contributed by atoms with Crippen LogP contribution in [0.1, 0.15) is 55.7 Å². The van der Waals surface area contributed by atoms with Crippen molar-refractivity contribution in [3.05, 3.63) is 76.7 Å². The van der Waals surface area contributed by atoms with E-state index in [1.807, 2.05) is 24.3 Å². The molecule has 1 unspecified atom stereocenters. The van der Waals surface area contributed by atoms with Gasteiger partial charge in [0, 0.05) is 5.56 Å². The van der Waals surface area contributed by atoms with Gasteiger partial charge in [-0.1, -0.05) is 45.0 Å². The lowest BCUT2D eigenvalue weighted by molar-refractivity contribution is 0.317. The smallest absolute Gasteiger partial charge is 0.244 e. The highest BCUT2D eigenvalue weighted by molar-refractivity contribution is 5.71. The Hall–Kier alpha value is -3.72. The zero-order chi connectivity index (χ0) is 22.0. The van der Waals surface area contributed by atoms with Gasteiger partial charge in [0.2, 0.25) is 11.8 Å². The lowest BCUT2D eigenvalue weighted by atomic mass is 9.82. The summed E-state index contributed by atoms with van der Waals surface area (Å²) in [5.74, 6) is 1.37. The molecule has 31 heavy (non-hydrogen) atoms. The minimum absolute atomic E-state index is 0.0919. The number of rotatable bonds is 6. The topological polar surface area (TPSA) is 97.0 Å². The lowest BCUT2D eigenvalue weighted by Gasteiger charge is -2.24. The van der Waals surface area contributed by atoms with Gasteiger partial charge < -0.3 is 15.2 Å². The quantitative estimate of drug-likeness (QED) is 0.577. The molecule has 0 saturated heterocycles. The van der Waals surface area contributed by atoms with Crippen LogP contribution in [0, 0.1) is 11.3 Å². The summed E-state index contributed by atoms with van der Waals surface area (Å²) in [6.07, 6.45) is 0.953. The van der Waals surface area contributed by atoms with Gasteiger partial charge in [-0.2, -0.15) is 5.26 Å². The van der Waals surface area contributed by atoms with Crippen LogP contribution in [-0.4, -0.2) is 16.8 Å². The summed E-state index contributed by atoms with van der Waals surface area (Å²) in [4.78, 5) is 0. The first-order valence-electron chi connectivity index (χ1n) is 10.5. The summed E-state index contributed by atoms with van der Waals surface area (Å²) >= 11 is 0. The Morgan fingerprint density at radius 1 is 1.16 bits per heavy atom. The molecule has 0 radical (unpaired) electrons. The Balaban J connectivity index is 1.79. The summed E-state index contributed by atoms with van der Waals surface area (Å²) in [5, 5.41) is 17.3. The third-order valence-corrected chi connectivity index (χ3v) is 5.49. The van der Waals surface area contributed by atoms with Crippen LogP contribution < -0.4 is 15.2 Å². The van der Waals surface area contributed by atoms with Crippen LogP contribution in [0.2, 0.25) is 0 Å². The van der Waals surface area contributed by atoms with Gasteiger partial charge in [0.05, 0.1) is 23.8 Å². The van der Waals surface area contributed by atoms with Crippen molar-refractivity contribution in [1.29, 1.82) is 5.26 Å². The van der Waals surface area contributed by atoms with Gasteiger partial charge in [-0.15, -0.1) is 5.10 Å². The number of hydrogen-bond acceptors (Lipinski definition) is 5. The maximum atomic E-state index is 9.86. The van der Waals surface area contributed by atoms with Crippen LogP contribution >= 0.6 is 0 Å². The number of fused-ring (bicyclic) bond motifs is 1. The van der Waals surface area contributed by atoms with Crippen molar-refractivity contribution < 1.29 is 9.47 Å².